The second kappa shape index (κ2) is 5.82. The van der Waals surface area contributed by atoms with E-state index in [1.54, 1.807) is 25.1 Å². The Labute approximate surface area is 154 Å². The van der Waals surface area contributed by atoms with Crippen LogP contribution in [0.25, 0.3) is 5.69 Å². The van der Waals surface area contributed by atoms with Gasteiger partial charge in [0, 0.05) is 11.3 Å². The first-order valence-corrected chi connectivity index (χ1v) is 8.20. The molecule has 8 heteroatoms. The van der Waals surface area contributed by atoms with Crippen LogP contribution in [-0.2, 0) is 10.4 Å². The molecule has 0 saturated carbocycles. The lowest BCUT2D eigenvalue weighted by Gasteiger charge is -2.22. The van der Waals surface area contributed by atoms with Crippen LogP contribution in [0, 0.1) is 12.7 Å². The number of aliphatic hydroxyl groups is 1. The standard InChI is InChI=1S/C19H17FN4O3/c1-10-16(17(21)24(23-10)12-5-3-11(20)4-6-12)19(26)14-9-13(27-2)7-8-15(14)22-18(19)25/h3-9,26H,21H2,1-2H3,(H,22,25). The Kier molecular flexibility index (Phi) is 3.67. The van der Waals surface area contributed by atoms with Crippen molar-refractivity contribution in [3.05, 3.63) is 65.1 Å². The monoisotopic (exact) mass is 368 g/mol. The van der Waals surface area contributed by atoms with Gasteiger partial charge in [0.2, 0.25) is 5.60 Å². The predicted molar refractivity (Wildman–Crippen MR) is 97.3 cm³/mol. The number of anilines is 2. The highest BCUT2D eigenvalue weighted by Gasteiger charge is 2.50. The van der Waals surface area contributed by atoms with Crippen molar-refractivity contribution in [2.24, 2.45) is 0 Å². The van der Waals surface area contributed by atoms with E-state index >= 15 is 0 Å². The van der Waals surface area contributed by atoms with Crippen molar-refractivity contribution in [2.45, 2.75) is 12.5 Å². The molecule has 138 valence electrons. The Bertz CT molecular complexity index is 1060. The molecular formula is C19H17FN4O3. The van der Waals surface area contributed by atoms with E-state index in [1.807, 2.05) is 0 Å². The summed E-state index contributed by atoms with van der Waals surface area (Å²) in [7, 11) is 1.50. The SMILES string of the molecule is COc1ccc2c(c1)C(O)(c1c(C)nn(-c3ccc(F)cc3)c1N)C(=O)N2. The molecule has 1 aliphatic rings. The second-order valence-electron chi connectivity index (χ2n) is 6.31. The molecule has 27 heavy (non-hydrogen) atoms. The van der Waals surface area contributed by atoms with Crippen molar-refractivity contribution in [3.63, 3.8) is 0 Å². The predicted octanol–water partition coefficient (Wildman–Crippen LogP) is 2.10. The minimum absolute atomic E-state index is 0.0902. The first-order valence-electron chi connectivity index (χ1n) is 8.20. The number of ether oxygens (including phenoxy) is 1. The molecule has 1 atom stereocenters. The molecule has 2 heterocycles. The van der Waals surface area contributed by atoms with Gasteiger partial charge in [0.1, 0.15) is 17.4 Å². The number of fused-ring (bicyclic) bond motifs is 1. The van der Waals surface area contributed by atoms with Crippen LogP contribution >= 0.6 is 0 Å². The highest BCUT2D eigenvalue weighted by molar-refractivity contribution is 6.08. The van der Waals surface area contributed by atoms with Gasteiger partial charge < -0.3 is 20.9 Å². The number of carbonyl (C=O) groups is 1. The molecule has 0 bridgehead atoms. The number of benzene rings is 2. The van der Waals surface area contributed by atoms with Crippen LogP contribution in [0.4, 0.5) is 15.9 Å². The molecule has 1 aromatic heterocycles. The van der Waals surface area contributed by atoms with Gasteiger partial charge in [0.15, 0.2) is 0 Å². The number of hydrogen-bond donors (Lipinski definition) is 3. The third kappa shape index (κ3) is 2.37. The van der Waals surface area contributed by atoms with E-state index in [4.69, 9.17) is 10.5 Å². The Morgan fingerprint density at radius 3 is 2.63 bits per heavy atom. The Balaban J connectivity index is 1.92. The summed E-state index contributed by atoms with van der Waals surface area (Å²) in [6, 6.07) is 10.5. The number of nitrogen functional groups attached to an aromatic ring is 1. The highest BCUT2D eigenvalue weighted by Crippen LogP contribution is 2.45. The molecule has 2 aromatic carbocycles. The van der Waals surface area contributed by atoms with Crippen LogP contribution in [0.3, 0.4) is 0 Å². The lowest BCUT2D eigenvalue weighted by atomic mass is 9.87. The van der Waals surface area contributed by atoms with Crippen LogP contribution in [-0.4, -0.2) is 27.9 Å². The number of methoxy groups -OCH3 is 1. The molecule has 0 fully saturated rings. The fourth-order valence-corrected chi connectivity index (χ4v) is 3.41. The van der Waals surface area contributed by atoms with Crippen molar-refractivity contribution in [1.29, 1.82) is 0 Å². The summed E-state index contributed by atoms with van der Waals surface area (Å²) < 4.78 is 19.8. The van der Waals surface area contributed by atoms with Gasteiger partial charge in [-0.05, 0) is 49.4 Å². The van der Waals surface area contributed by atoms with Crippen LogP contribution in [0.15, 0.2) is 42.5 Å². The summed E-state index contributed by atoms with van der Waals surface area (Å²) in [5.74, 6) is -0.436. The molecule has 3 aromatic rings. The van der Waals surface area contributed by atoms with Gasteiger partial charge in [-0.25, -0.2) is 9.07 Å². The largest absolute Gasteiger partial charge is 0.497 e. The van der Waals surface area contributed by atoms with Crippen LogP contribution in [0.5, 0.6) is 5.75 Å². The van der Waals surface area contributed by atoms with E-state index in [0.717, 1.165) is 0 Å². The lowest BCUT2D eigenvalue weighted by Crippen LogP contribution is -2.36. The number of rotatable bonds is 3. The molecule has 1 amide bonds. The zero-order chi connectivity index (χ0) is 19.3. The topological polar surface area (TPSA) is 102 Å². The summed E-state index contributed by atoms with van der Waals surface area (Å²) in [6.07, 6.45) is 0. The van der Waals surface area contributed by atoms with E-state index in [9.17, 15) is 14.3 Å². The number of aryl methyl sites for hydroxylation is 1. The molecular weight excluding hydrogens is 351 g/mol. The van der Waals surface area contributed by atoms with E-state index < -0.39 is 17.3 Å². The zero-order valence-electron chi connectivity index (χ0n) is 14.7. The Morgan fingerprint density at radius 2 is 1.96 bits per heavy atom. The van der Waals surface area contributed by atoms with Gasteiger partial charge in [-0.15, -0.1) is 0 Å². The van der Waals surface area contributed by atoms with Gasteiger partial charge in [0.05, 0.1) is 24.1 Å². The summed E-state index contributed by atoms with van der Waals surface area (Å²) in [5.41, 5.74) is 6.12. The number of hydrogen-bond acceptors (Lipinski definition) is 5. The molecule has 0 aliphatic carbocycles. The molecule has 0 radical (unpaired) electrons. The number of nitrogens with two attached hydrogens (primary N) is 1. The van der Waals surface area contributed by atoms with Crippen molar-refractivity contribution < 1.29 is 19.0 Å². The third-order valence-electron chi connectivity index (χ3n) is 4.72. The van der Waals surface area contributed by atoms with Crippen molar-refractivity contribution in [2.75, 3.05) is 18.2 Å². The fourth-order valence-electron chi connectivity index (χ4n) is 3.41. The molecule has 0 saturated heterocycles. The summed E-state index contributed by atoms with van der Waals surface area (Å²) >= 11 is 0. The highest BCUT2D eigenvalue weighted by atomic mass is 19.1. The molecule has 4 N–H and O–H groups in total. The number of carbonyl (C=O) groups excluding carboxylic acids is 1. The Hall–Kier alpha value is -3.39. The van der Waals surface area contributed by atoms with Gasteiger partial charge in [-0.3, -0.25) is 4.79 Å². The maximum absolute atomic E-state index is 13.2. The number of aromatic nitrogens is 2. The summed E-state index contributed by atoms with van der Waals surface area (Å²) in [5, 5.41) is 18.4. The maximum atomic E-state index is 13.2. The zero-order valence-corrected chi connectivity index (χ0v) is 14.7. The van der Waals surface area contributed by atoms with Crippen LogP contribution < -0.4 is 15.8 Å². The number of halogens is 1. The number of amides is 1. The van der Waals surface area contributed by atoms with Crippen molar-refractivity contribution in [1.82, 2.24) is 9.78 Å². The molecule has 4 rings (SSSR count). The smallest absolute Gasteiger partial charge is 0.266 e. The maximum Gasteiger partial charge on any atom is 0.266 e. The molecule has 1 aliphatic heterocycles. The lowest BCUT2D eigenvalue weighted by molar-refractivity contribution is -0.129. The van der Waals surface area contributed by atoms with Crippen molar-refractivity contribution >= 4 is 17.4 Å². The third-order valence-corrected chi connectivity index (χ3v) is 4.72. The van der Waals surface area contributed by atoms with Crippen molar-refractivity contribution in [3.8, 4) is 11.4 Å². The first kappa shape index (κ1) is 17.0. The van der Waals surface area contributed by atoms with E-state index in [-0.39, 0.29) is 11.4 Å². The van der Waals surface area contributed by atoms with Gasteiger partial charge in [0.25, 0.3) is 5.91 Å². The van der Waals surface area contributed by atoms with Gasteiger partial charge in [-0.2, -0.15) is 5.10 Å². The molecule has 7 nitrogen and oxygen atoms in total. The number of nitrogens with one attached hydrogen (secondary N) is 1. The quantitative estimate of drug-likeness (QED) is 0.657. The van der Waals surface area contributed by atoms with Gasteiger partial charge >= 0.3 is 0 Å². The average molecular weight is 368 g/mol. The molecule has 1 unspecified atom stereocenters. The number of nitrogens with zero attached hydrogens (tertiary/aromatic N) is 2. The second-order valence-corrected chi connectivity index (χ2v) is 6.31. The van der Waals surface area contributed by atoms with Gasteiger partial charge in [-0.1, -0.05) is 0 Å². The van der Waals surface area contributed by atoms with E-state index in [1.165, 1.54) is 36.1 Å². The van der Waals surface area contributed by atoms with E-state index in [0.29, 0.717) is 28.4 Å². The average Bonchev–Trinajstić information content (AvgIpc) is 3.09. The normalized spacial score (nSPS) is 18.3. The summed E-state index contributed by atoms with van der Waals surface area (Å²) in [6.45, 7) is 1.65. The molecule has 0 spiro atoms. The minimum atomic E-state index is -2.02. The fraction of sp³-hybridized carbons (Fsp3) is 0.158. The summed E-state index contributed by atoms with van der Waals surface area (Å²) in [4.78, 5) is 12.7. The Morgan fingerprint density at radius 1 is 1.26 bits per heavy atom. The van der Waals surface area contributed by atoms with E-state index in [2.05, 4.69) is 10.4 Å². The first-order chi connectivity index (χ1) is 12.9. The minimum Gasteiger partial charge on any atom is -0.497 e. The van der Waals surface area contributed by atoms with Crippen LogP contribution in [0.1, 0.15) is 16.8 Å². The van der Waals surface area contributed by atoms with Crippen LogP contribution in [0.2, 0.25) is 0 Å².